The lowest BCUT2D eigenvalue weighted by atomic mass is 9.88. The molecule has 2 atom stereocenters. The molecular weight excluding hydrogens is 226 g/mol. The van der Waals surface area contributed by atoms with E-state index in [-0.39, 0.29) is 12.4 Å². The molecule has 1 nitrogen and oxygen atoms in total. The zero-order valence-electron chi connectivity index (χ0n) is 8.82. The summed E-state index contributed by atoms with van der Waals surface area (Å²) in [6, 6.07) is 3.98. The Hall–Kier alpha value is -0.0500. The fraction of sp³-hybridized carbons (Fsp3) is 0.667. The van der Waals surface area contributed by atoms with Crippen LogP contribution in [0.1, 0.15) is 31.2 Å². The maximum Gasteiger partial charge on any atom is 0.00729 e. The van der Waals surface area contributed by atoms with Crippen LogP contribution in [-0.2, 0) is 6.42 Å². The number of halogens is 1. The van der Waals surface area contributed by atoms with Crippen molar-refractivity contribution in [2.75, 3.05) is 0 Å². The molecule has 0 aliphatic carbocycles. The number of fused-ring (bicyclic) bond motifs is 2. The van der Waals surface area contributed by atoms with E-state index in [1.165, 1.54) is 32.1 Å². The molecule has 0 radical (unpaired) electrons. The van der Waals surface area contributed by atoms with E-state index >= 15 is 0 Å². The molecule has 0 spiro atoms. The summed E-state index contributed by atoms with van der Waals surface area (Å²) in [5, 5.41) is 8.21. The predicted molar refractivity (Wildman–Crippen MR) is 67.9 cm³/mol. The van der Waals surface area contributed by atoms with Crippen LogP contribution in [0.15, 0.2) is 16.8 Å². The Balaban J connectivity index is 0.000000853. The summed E-state index contributed by atoms with van der Waals surface area (Å²) < 4.78 is 0. The lowest BCUT2D eigenvalue weighted by molar-refractivity contribution is 0.298. The van der Waals surface area contributed by atoms with Crippen LogP contribution in [0.3, 0.4) is 0 Å². The Kier molecular flexibility index (Phi) is 3.70. The monoisotopic (exact) mass is 243 g/mol. The van der Waals surface area contributed by atoms with Gasteiger partial charge in [0.05, 0.1) is 0 Å². The second-order valence-electron chi connectivity index (χ2n) is 4.81. The van der Waals surface area contributed by atoms with Gasteiger partial charge in [0.2, 0.25) is 0 Å². The number of hydrogen-bond donors (Lipinski definition) is 1. The normalized spacial score (nSPS) is 33.7. The number of nitrogens with one attached hydrogen (secondary N) is 1. The summed E-state index contributed by atoms with van der Waals surface area (Å²) in [5.74, 6) is 0.948. The van der Waals surface area contributed by atoms with Gasteiger partial charge in [-0.1, -0.05) is 0 Å². The average molecular weight is 244 g/mol. The molecule has 3 heterocycles. The van der Waals surface area contributed by atoms with E-state index in [1.54, 1.807) is 5.56 Å². The smallest absolute Gasteiger partial charge is 0.00729 e. The summed E-state index contributed by atoms with van der Waals surface area (Å²) in [5.41, 5.74) is 1.56. The van der Waals surface area contributed by atoms with Gasteiger partial charge in [-0.2, -0.15) is 11.3 Å². The average Bonchev–Trinajstić information content (AvgIpc) is 2.77. The molecule has 2 fully saturated rings. The summed E-state index contributed by atoms with van der Waals surface area (Å²) in [6.07, 6.45) is 6.98. The van der Waals surface area contributed by atoms with Crippen molar-refractivity contribution in [3.63, 3.8) is 0 Å². The SMILES string of the molecule is Cl.c1cc(CC2CC3CCC(C2)N3)cs1. The van der Waals surface area contributed by atoms with Gasteiger partial charge in [-0.05, 0) is 60.4 Å². The van der Waals surface area contributed by atoms with Crippen molar-refractivity contribution in [2.24, 2.45) is 5.92 Å². The third-order valence-corrected chi connectivity index (χ3v) is 4.41. The van der Waals surface area contributed by atoms with Crippen LogP contribution >= 0.6 is 23.7 Å². The quantitative estimate of drug-likeness (QED) is 0.841. The van der Waals surface area contributed by atoms with E-state index in [9.17, 15) is 0 Å². The Morgan fingerprint density at radius 1 is 1.27 bits per heavy atom. The summed E-state index contributed by atoms with van der Waals surface area (Å²) >= 11 is 1.83. The van der Waals surface area contributed by atoms with Crippen molar-refractivity contribution < 1.29 is 0 Å². The molecule has 3 rings (SSSR count). The van der Waals surface area contributed by atoms with Gasteiger partial charge < -0.3 is 5.32 Å². The second kappa shape index (κ2) is 4.86. The number of piperidine rings is 1. The van der Waals surface area contributed by atoms with Crippen molar-refractivity contribution in [3.05, 3.63) is 22.4 Å². The van der Waals surface area contributed by atoms with Gasteiger partial charge in [0.25, 0.3) is 0 Å². The molecule has 84 valence electrons. The minimum Gasteiger partial charge on any atom is -0.311 e. The van der Waals surface area contributed by atoms with Crippen LogP contribution in [-0.4, -0.2) is 12.1 Å². The lowest BCUT2D eigenvalue weighted by Gasteiger charge is -2.28. The third kappa shape index (κ3) is 2.55. The van der Waals surface area contributed by atoms with Gasteiger partial charge in [-0.3, -0.25) is 0 Å². The first-order chi connectivity index (χ1) is 6.90. The molecule has 2 unspecified atom stereocenters. The maximum atomic E-state index is 3.70. The molecule has 1 N–H and O–H groups in total. The van der Waals surface area contributed by atoms with Gasteiger partial charge in [0, 0.05) is 12.1 Å². The van der Waals surface area contributed by atoms with Crippen LogP contribution in [0.5, 0.6) is 0 Å². The molecule has 15 heavy (non-hydrogen) atoms. The van der Waals surface area contributed by atoms with Crippen molar-refractivity contribution in [3.8, 4) is 0 Å². The first-order valence-electron chi connectivity index (χ1n) is 5.67. The zero-order chi connectivity index (χ0) is 9.38. The summed E-state index contributed by atoms with van der Waals surface area (Å²) in [4.78, 5) is 0. The van der Waals surface area contributed by atoms with Gasteiger partial charge in [-0.25, -0.2) is 0 Å². The van der Waals surface area contributed by atoms with Gasteiger partial charge >= 0.3 is 0 Å². The predicted octanol–water partition coefficient (Wildman–Crippen LogP) is 3.24. The fourth-order valence-electron chi connectivity index (χ4n) is 3.08. The summed E-state index contributed by atoms with van der Waals surface area (Å²) in [6.45, 7) is 0. The van der Waals surface area contributed by atoms with E-state index in [4.69, 9.17) is 0 Å². The number of thiophene rings is 1. The Morgan fingerprint density at radius 3 is 2.60 bits per heavy atom. The Bertz CT molecular complexity index is 287. The molecule has 2 saturated heterocycles. The molecule has 3 heteroatoms. The minimum atomic E-state index is 0. The molecule has 1 aromatic heterocycles. The molecule has 0 amide bonds. The van der Waals surface area contributed by atoms with Crippen molar-refractivity contribution >= 4 is 23.7 Å². The molecule has 2 aliphatic rings. The summed E-state index contributed by atoms with van der Waals surface area (Å²) in [7, 11) is 0. The van der Waals surface area contributed by atoms with Gasteiger partial charge in [0.15, 0.2) is 0 Å². The van der Waals surface area contributed by atoms with E-state index in [0.29, 0.717) is 0 Å². The lowest BCUT2D eigenvalue weighted by Crippen LogP contribution is -2.38. The molecule has 2 bridgehead atoms. The highest BCUT2D eigenvalue weighted by Crippen LogP contribution is 2.32. The minimum absolute atomic E-state index is 0. The number of hydrogen-bond acceptors (Lipinski definition) is 2. The highest BCUT2D eigenvalue weighted by molar-refractivity contribution is 7.07. The topological polar surface area (TPSA) is 12.0 Å². The van der Waals surface area contributed by atoms with E-state index in [0.717, 1.165) is 18.0 Å². The van der Waals surface area contributed by atoms with Crippen molar-refractivity contribution in [1.82, 2.24) is 5.32 Å². The van der Waals surface area contributed by atoms with Crippen molar-refractivity contribution in [2.45, 2.75) is 44.2 Å². The van der Waals surface area contributed by atoms with Gasteiger partial charge in [0.1, 0.15) is 0 Å². The van der Waals surface area contributed by atoms with E-state index in [2.05, 4.69) is 22.1 Å². The molecule has 2 aliphatic heterocycles. The van der Waals surface area contributed by atoms with Crippen molar-refractivity contribution in [1.29, 1.82) is 0 Å². The number of rotatable bonds is 2. The molecular formula is C12H18ClNS. The highest BCUT2D eigenvalue weighted by atomic mass is 35.5. The van der Waals surface area contributed by atoms with Gasteiger partial charge in [-0.15, -0.1) is 12.4 Å². The van der Waals surface area contributed by atoms with Crippen LogP contribution < -0.4 is 5.32 Å². The largest absolute Gasteiger partial charge is 0.311 e. The highest BCUT2D eigenvalue weighted by Gasteiger charge is 2.33. The standard InChI is InChI=1S/C12H17NS.ClH/c1-2-12-7-10(6-11(1)13-12)5-9-3-4-14-8-9;/h3-4,8,10-13H,1-2,5-7H2;1H. The Morgan fingerprint density at radius 2 is 2.00 bits per heavy atom. The molecule has 0 aromatic carbocycles. The molecule has 1 aromatic rings. The fourth-order valence-corrected chi connectivity index (χ4v) is 3.77. The van der Waals surface area contributed by atoms with Crippen LogP contribution in [0.4, 0.5) is 0 Å². The Labute approximate surface area is 102 Å². The van der Waals surface area contributed by atoms with Crippen LogP contribution in [0, 0.1) is 5.92 Å². The third-order valence-electron chi connectivity index (χ3n) is 3.68. The maximum absolute atomic E-state index is 3.70. The zero-order valence-corrected chi connectivity index (χ0v) is 10.4. The van der Waals surface area contributed by atoms with E-state index in [1.807, 2.05) is 11.3 Å². The van der Waals surface area contributed by atoms with Crippen LogP contribution in [0.25, 0.3) is 0 Å². The first-order valence-corrected chi connectivity index (χ1v) is 6.61. The second-order valence-corrected chi connectivity index (χ2v) is 5.59. The molecule has 0 saturated carbocycles. The van der Waals surface area contributed by atoms with E-state index < -0.39 is 0 Å². The van der Waals surface area contributed by atoms with Crippen LogP contribution in [0.2, 0.25) is 0 Å². The first kappa shape index (κ1) is 11.4.